The maximum Gasteiger partial charge on any atom is 0.416 e. The van der Waals surface area contributed by atoms with Crippen LogP contribution in [0.4, 0.5) is 18.9 Å². The van der Waals surface area contributed by atoms with E-state index in [0.717, 1.165) is 18.2 Å². The molecule has 5 nitrogen and oxygen atoms in total. The van der Waals surface area contributed by atoms with E-state index in [0.29, 0.717) is 0 Å². The fourth-order valence-corrected chi connectivity index (χ4v) is 2.13. The lowest BCUT2D eigenvalue weighted by atomic mass is 10.1. The number of rotatable bonds is 3. The first-order valence-corrected chi connectivity index (χ1v) is 7.44. The maximum absolute atomic E-state index is 12.6. The molecule has 134 valence electrons. The lowest BCUT2D eigenvalue weighted by Gasteiger charge is -2.05. The molecule has 0 radical (unpaired) electrons. The largest absolute Gasteiger partial charge is 0.416 e. The summed E-state index contributed by atoms with van der Waals surface area (Å²) in [5, 5.41) is 13.1. The van der Waals surface area contributed by atoms with Crippen LogP contribution < -0.4 is 5.32 Å². The lowest BCUT2D eigenvalue weighted by molar-refractivity contribution is -0.384. The second-order valence-corrected chi connectivity index (χ2v) is 5.39. The molecule has 0 saturated heterocycles. The van der Waals surface area contributed by atoms with Gasteiger partial charge in [-0.1, -0.05) is 29.5 Å². The molecular weight excluding hydrogens is 373 g/mol. The van der Waals surface area contributed by atoms with Gasteiger partial charge in [-0.25, -0.2) is 0 Å². The van der Waals surface area contributed by atoms with Crippen LogP contribution in [0, 0.1) is 22.0 Å². The van der Waals surface area contributed by atoms with E-state index in [1.54, 1.807) is 0 Å². The molecule has 2 aromatic rings. The number of nitro groups is 1. The number of carbonyl (C=O) groups is 1. The molecule has 0 aromatic heterocycles. The molecule has 9 heteroatoms. The molecule has 2 aromatic carbocycles. The summed E-state index contributed by atoms with van der Waals surface area (Å²) in [6.07, 6.45) is -4.46. The Morgan fingerprint density at radius 3 is 2.62 bits per heavy atom. The number of amides is 1. The highest BCUT2D eigenvalue weighted by molar-refractivity contribution is 6.32. The Bertz CT molecular complexity index is 917. The van der Waals surface area contributed by atoms with Crippen molar-refractivity contribution in [2.45, 2.75) is 6.18 Å². The SMILES string of the molecule is O=C(NCC#Cc1cccc(C(F)(F)F)c1)c1ccc(Cl)c([N+](=O)[O-])c1. The van der Waals surface area contributed by atoms with Crippen LogP contribution in [-0.4, -0.2) is 17.4 Å². The van der Waals surface area contributed by atoms with Crippen molar-refractivity contribution in [3.63, 3.8) is 0 Å². The predicted molar refractivity (Wildman–Crippen MR) is 88.8 cm³/mol. The molecule has 1 amide bonds. The van der Waals surface area contributed by atoms with E-state index >= 15 is 0 Å². The zero-order valence-corrected chi connectivity index (χ0v) is 13.7. The van der Waals surface area contributed by atoms with Gasteiger partial charge in [0.1, 0.15) is 5.02 Å². The number of nitro benzene ring substituents is 1. The van der Waals surface area contributed by atoms with Gasteiger partial charge in [-0.2, -0.15) is 13.2 Å². The molecule has 0 fully saturated rings. The summed E-state index contributed by atoms with van der Waals surface area (Å²) in [6, 6.07) is 8.04. The minimum Gasteiger partial charge on any atom is -0.341 e. The summed E-state index contributed by atoms with van der Waals surface area (Å²) in [4.78, 5) is 22.0. The molecule has 2 rings (SSSR count). The number of halogens is 4. The highest BCUT2D eigenvalue weighted by atomic mass is 35.5. The number of hydrogen-bond donors (Lipinski definition) is 1. The molecule has 0 heterocycles. The molecule has 0 unspecified atom stereocenters. The molecule has 0 bridgehead atoms. The second kappa shape index (κ2) is 7.89. The zero-order valence-electron chi connectivity index (χ0n) is 12.9. The predicted octanol–water partition coefficient (Wildman–Crippen LogP) is 4.05. The van der Waals surface area contributed by atoms with E-state index < -0.39 is 28.3 Å². The van der Waals surface area contributed by atoms with E-state index in [9.17, 15) is 28.1 Å². The van der Waals surface area contributed by atoms with Crippen LogP contribution in [0.3, 0.4) is 0 Å². The topological polar surface area (TPSA) is 72.2 Å². The minimum atomic E-state index is -4.46. The summed E-state index contributed by atoms with van der Waals surface area (Å²) in [5.41, 5.74) is -1.06. The molecule has 0 atom stereocenters. The summed E-state index contributed by atoms with van der Waals surface area (Å²) in [6.45, 7) is -0.147. The van der Waals surface area contributed by atoms with Crippen LogP contribution in [0.1, 0.15) is 21.5 Å². The van der Waals surface area contributed by atoms with Crippen molar-refractivity contribution in [1.82, 2.24) is 5.32 Å². The first-order valence-electron chi connectivity index (χ1n) is 7.07. The van der Waals surface area contributed by atoms with Gasteiger partial charge < -0.3 is 5.32 Å². The monoisotopic (exact) mass is 382 g/mol. The highest BCUT2D eigenvalue weighted by Crippen LogP contribution is 2.29. The van der Waals surface area contributed by atoms with E-state index in [1.165, 1.54) is 24.3 Å². The van der Waals surface area contributed by atoms with Gasteiger partial charge in [0.25, 0.3) is 11.6 Å². The molecule has 0 aliphatic heterocycles. The van der Waals surface area contributed by atoms with Crippen molar-refractivity contribution in [3.05, 3.63) is 74.3 Å². The standard InChI is InChI=1S/C17H10ClF3N2O3/c18-14-7-6-12(10-15(14)23(25)26)16(24)22-8-2-4-11-3-1-5-13(9-11)17(19,20)21/h1,3,5-7,9-10H,8H2,(H,22,24). The Morgan fingerprint density at radius 2 is 1.96 bits per heavy atom. The quantitative estimate of drug-likeness (QED) is 0.494. The molecule has 0 saturated carbocycles. The number of carbonyl (C=O) groups excluding carboxylic acids is 1. The maximum atomic E-state index is 12.6. The van der Waals surface area contributed by atoms with Crippen LogP contribution in [0.15, 0.2) is 42.5 Å². The number of hydrogen-bond acceptors (Lipinski definition) is 3. The summed E-state index contributed by atoms with van der Waals surface area (Å²) in [5.74, 6) is 4.41. The average Bonchev–Trinajstić information content (AvgIpc) is 2.58. The fraction of sp³-hybridized carbons (Fsp3) is 0.118. The van der Waals surface area contributed by atoms with Gasteiger partial charge in [-0.15, -0.1) is 0 Å². The van der Waals surface area contributed by atoms with Gasteiger partial charge in [0, 0.05) is 17.2 Å². The summed E-state index contributed by atoms with van der Waals surface area (Å²) < 4.78 is 37.8. The van der Waals surface area contributed by atoms with Crippen molar-refractivity contribution in [1.29, 1.82) is 0 Å². The van der Waals surface area contributed by atoms with Crippen molar-refractivity contribution >= 4 is 23.2 Å². The first-order chi connectivity index (χ1) is 12.2. The fourth-order valence-electron chi connectivity index (χ4n) is 1.94. The van der Waals surface area contributed by atoms with Gasteiger partial charge in [-0.05, 0) is 30.3 Å². The smallest absolute Gasteiger partial charge is 0.341 e. The van der Waals surface area contributed by atoms with Gasteiger partial charge in [0.05, 0.1) is 17.0 Å². The van der Waals surface area contributed by atoms with Crippen LogP contribution >= 0.6 is 11.6 Å². The number of alkyl halides is 3. The van der Waals surface area contributed by atoms with Gasteiger partial charge >= 0.3 is 6.18 Å². The Morgan fingerprint density at radius 1 is 1.23 bits per heavy atom. The Hall–Kier alpha value is -3.05. The van der Waals surface area contributed by atoms with Crippen molar-refractivity contribution in [2.24, 2.45) is 0 Å². The third kappa shape index (κ3) is 4.97. The normalized spacial score (nSPS) is 10.6. The van der Waals surface area contributed by atoms with Crippen molar-refractivity contribution < 1.29 is 22.9 Å². The van der Waals surface area contributed by atoms with Crippen molar-refractivity contribution in [3.8, 4) is 11.8 Å². The van der Waals surface area contributed by atoms with Crippen LogP contribution in [0.2, 0.25) is 5.02 Å². The lowest BCUT2D eigenvalue weighted by Crippen LogP contribution is -2.23. The van der Waals surface area contributed by atoms with E-state index in [-0.39, 0.29) is 22.7 Å². The molecule has 0 spiro atoms. The molecule has 0 aliphatic carbocycles. The van der Waals surface area contributed by atoms with Gasteiger partial charge in [-0.3, -0.25) is 14.9 Å². The molecule has 0 aliphatic rings. The average molecular weight is 383 g/mol. The third-order valence-corrected chi connectivity index (χ3v) is 3.48. The van der Waals surface area contributed by atoms with Gasteiger partial charge in [0.15, 0.2) is 0 Å². The summed E-state index contributed by atoms with van der Waals surface area (Å²) in [7, 11) is 0. The molecular formula is C17H10ClF3N2O3. The number of nitrogens with zero attached hydrogens (tertiary/aromatic N) is 1. The van der Waals surface area contributed by atoms with Crippen LogP contribution in [0.5, 0.6) is 0 Å². The summed E-state index contributed by atoms with van der Waals surface area (Å²) >= 11 is 5.66. The Labute approximate surface area is 150 Å². The van der Waals surface area contributed by atoms with E-state index in [2.05, 4.69) is 17.2 Å². The zero-order chi connectivity index (χ0) is 19.3. The minimum absolute atomic E-state index is 0.0157. The number of benzene rings is 2. The second-order valence-electron chi connectivity index (χ2n) is 4.99. The van der Waals surface area contributed by atoms with Gasteiger partial charge in [0.2, 0.25) is 0 Å². The van der Waals surface area contributed by atoms with Crippen molar-refractivity contribution in [2.75, 3.05) is 6.54 Å². The first kappa shape index (κ1) is 19.3. The van der Waals surface area contributed by atoms with E-state index in [1.807, 2.05) is 0 Å². The molecule has 26 heavy (non-hydrogen) atoms. The van der Waals surface area contributed by atoms with E-state index in [4.69, 9.17) is 11.6 Å². The van der Waals surface area contributed by atoms with Crippen LogP contribution in [0.25, 0.3) is 0 Å². The molecule has 1 N–H and O–H groups in total. The third-order valence-electron chi connectivity index (χ3n) is 3.16. The van der Waals surface area contributed by atoms with Crippen LogP contribution in [-0.2, 0) is 6.18 Å². The Kier molecular flexibility index (Phi) is 5.85. The number of nitrogens with one attached hydrogen (secondary N) is 1. The highest BCUT2D eigenvalue weighted by Gasteiger charge is 2.30. The Balaban J connectivity index is 2.03.